The standard InChI is InChI=1S/C38H62N6O6/c1-8-10-18-26(31(46)34(48)39-20-9-2)40-33(47)30-29-25(38(29,6)7)22-44(30)35(49)32(37(3,4)5)42-36(50)41-27(24-16-12-11-13-17-24)23-43-21-15-14-19-28(43)45/h9,24-27,29-30,32H,2,8,10-23H2,1,3-7H3,(H,39,48)(H,40,47)(H2,41,42,50)/t25-,26?,27+,29-,30-,32+/m0/s1. The smallest absolute Gasteiger partial charge is 0.315 e. The Hall–Kier alpha value is -3.44. The van der Waals surface area contributed by atoms with E-state index in [4.69, 9.17) is 0 Å². The van der Waals surface area contributed by atoms with Gasteiger partial charge in [-0.3, -0.25) is 24.0 Å². The van der Waals surface area contributed by atoms with Crippen molar-refractivity contribution in [2.24, 2.45) is 28.6 Å². The molecule has 0 aromatic heterocycles. The summed E-state index contributed by atoms with van der Waals surface area (Å²) < 4.78 is 0. The summed E-state index contributed by atoms with van der Waals surface area (Å²) in [5.74, 6) is -1.96. The Balaban J connectivity index is 1.52. The zero-order chi connectivity index (χ0) is 36.8. The molecular weight excluding hydrogens is 636 g/mol. The van der Waals surface area contributed by atoms with Crippen molar-refractivity contribution in [3.8, 4) is 0 Å². The second kappa shape index (κ2) is 16.7. The summed E-state index contributed by atoms with van der Waals surface area (Å²) in [6.07, 6.45) is 10.9. The van der Waals surface area contributed by atoms with Gasteiger partial charge in [0, 0.05) is 32.6 Å². The maximum absolute atomic E-state index is 14.5. The lowest BCUT2D eigenvalue weighted by Gasteiger charge is -2.39. The van der Waals surface area contributed by atoms with Gasteiger partial charge in [0.05, 0.1) is 12.1 Å². The highest BCUT2D eigenvalue weighted by atomic mass is 16.2. The molecule has 12 heteroatoms. The van der Waals surface area contributed by atoms with Gasteiger partial charge in [0.1, 0.15) is 12.1 Å². The van der Waals surface area contributed by atoms with E-state index < -0.39 is 47.2 Å². The number of urea groups is 1. The Morgan fingerprint density at radius 2 is 1.70 bits per heavy atom. The molecule has 50 heavy (non-hydrogen) atoms. The Morgan fingerprint density at radius 3 is 2.32 bits per heavy atom. The second-order valence-electron chi connectivity index (χ2n) is 16.7. The number of fused-ring (bicyclic) bond motifs is 1. The lowest BCUT2D eigenvalue weighted by Crippen LogP contribution is -2.62. The Labute approximate surface area is 298 Å². The molecule has 280 valence electrons. The number of Topliss-reactive ketones (excluding diaryl/α,β-unsaturated/α-hetero) is 1. The molecule has 6 atom stereocenters. The van der Waals surface area contributed by atoms with Gasteiger partial charge >= 0.3 is 6.03 Å². The largest absolute Gasteiger partial charge is 0.346 e. The van der Waals surface area contributed by atoms with Crippen LogP contribution in [0, 0.1) is 28.6 Å². The van der Waals surface area contributed by atoms with Gasteiger partial charge < -0.3 is 31.1 Å². The van der Waals surface area contributed by atoms with E-state index in [1.807, 2.05) is 32.6 Å². The molecule has 2 saturated carbocycles. The average molecular weight is 699 g/mol. The topological polar surface area (TPSA) is 157 Å². The van der Waals surface area contributed by atoms with Gasteiger partial charge in [-0.15, -0.1) is 6.58 Å². The molecule has 12 nitrogen and oxygen atoms in total. The molecular formula is C38H62N6O6. The van der Waals surface area contributed by atoms with E-state index in [2.05, 4.69) is 41.7 Å². The minimum atomic E-state index is -1.02. The van der Waals surface area contributed by atoms with E-state index in [1.54, 1.807) is 4.90 Å². The summed E-state index contributed by atoms with van der Waals surface area (Å²) >= 11 is 0. The number of unbranched alkanes of at least 4 members (excludes halogenated alkanes) is 1. The van der Waals surface area contributed by atoms with Gasteiger partial charge in [-0.2, -0.15) is 0 Å². The molecule has 0 aromatic carbocycles. The maximum Gasteiger partial charge on any atom is 0.315 e. The maximum atomic E-state index is 14.5. The highest BCUT2D eigenvalue weighted by Crippen LogP contribution is 2.65. The molecule has 0 bridgehead atoms. The zero-order valence-corrected chi connectivity index (χ0v) is 31.3. The van der Waals surface area contributed by atoms with E-state index in [-0.39, 0.29) is 47.6 Å². The molecule has 2 aliphatic carbocycles. The summed E-state index contributed by atoms with van der Waals surface area (Å²) in [5, 5.41) is 11.5. The van der Waals surface area contributed by atoms with Crippen LogP contribution in [0.5, 0.6) is 0 Å². The average Bonchev–Trinajstić information content (AvgIpc) is 3.38. The number of piperidine rings is 2. The number of carbonyl (C=O) groups excluding carboxylic acids is 6. The van der Waals surface area contributed by atoms with Crippen LogP contribution in [0.25, 0.3) is 0 Å². The molecule has 1 unspecified atom stereocenters. The Kier molecular flexibility index (Phi) is 13.2. The molecule has 4 rings (SSSR count). The van der Waals surface area contributed by atoms with Crippen molar-refractivity contribution in [1.82, 2.24) is 31.1 Å². The van der Waals surface area contributed by atoms with Crippen LogP contribution in [0.4, 0.5) is 4.79 Å². The summed E-state index contributed by atoms with van der Waals surface area (Å²) in [5.41, 5.74) is -0.867. The predicted molar refractivity (Wildman–Crippen MR) is 192 cm³/mol. The van der Waals surface area contributed by atoms with E-state index in [1.165, 1.54) is 6.08 Å². The van der Waals surface area contributed by atoms with Crippen LogP contribution in [0.1, 0.15) is 112 Å². The fourth-order valence-corrected chi connectivity index (χ4v) is 8.45. The van der Waals surface area contributed by atoms with E-state index >= 15 is 0 Å². The fourth-order valence-electron chi connectivity index (χ4n) is 8.45. The molecule has 0 spiro atoms. The summed E-state index contributed by atoms with van der Waals surface area (Å²) in [4.78, 5) is 84.2. The monoisotopic (exact) mass is 698 g/mol. The van der Waals surface area contributed by atoms with Crippen LogP contribution in [-0.2, 0) is 24.0 Å². The van der Waals surface area contributed by atoms with Crippen LogP contribution in [-0.4, -0.2) is 95.6 Å². The fraction of sp³-hybridized carbons (Fsp3) is 0.789. The number of amides is 6. The van der Waals surface area contributed by atoms with Gasteiger partial charge in [0.2, 0.25) is 23.5 Å². The van der Waals surface area contributed by atoms with Crippen molar-refractivity contribution in [2.75, 3.05) is 26.2 Å². The van der Waals surface area contributed by atoms with Crippen molar-refractivity contribution < 1.29 is 28.8 Å². The number of hydrogen-bond acceptors (Lipinski definition) is 6. The third-order valence-corrected chi connectivity index (χ3v) is 11.6. The molecule has 2 heterocycles. The first-order valence-electron chi connectivity index (χ1n) is 19.0. The normalized spacial score (nSPS) is 25.1. The predicted octanol–water partition coefficient (Wildman–Crippen LogP) is 3.69. The van der Waals surface area contributed by atoms with Crippen LogP contribution in [0.3, 0.4) is 0 Å². The lowest BCUT2D eigenvalue weighted by atomic mass is 9.83. The molecule has 0 radical (unpaired) electrons. The van der Waals surface area contributed by atoms with Gasteiger partial charge in [0.25, 0.3) is 5.91 Å². The number of nitrogens with zero attached hydrogens (tertiary/aromatic N) is 2. The molecule has 4 aliphatic rings. The number of rotatable bonds is 15. The molecule has 4 N–H and O–H groups in total. The van der Waals surface area contributed by atoms with Gasteiger partial charge in [-0.05, 0) is 60.7 Å². The summed E-state index contributed by atoms with van der Waals surface area (Å²) in [6.45, 7) is 17.0. The zero-order valence-electron chi connectivity index (χ0n) is 31.3. The van der Waals surface area contributed by atoms with Crippen molar-refractivity contribution >= 4 is 35.4 Å². The minimum absolute atomic E-state index is 0.0927. The number of hydrogen-bond donors (Lipinski definition) is 4. The quantitative estimate of drug-likeness (QED) is 0.151. The van der Waals surface area contributed by atoms with Crippen LogP contribution >= 0.6 is 0 Å². The lowest BCUT2D eigenvalue weighted by molar-refractivity contribution is -0.145. The van der Waals surface area contributed by atoms with E-state index in [0.29, 0.717) is 38.9 Å². The molecule has 4 fully saturated rings. The first kappa shape index (κ1) is 39.3. The highest BCUT2D eigenvalue weighted by Gasteiger charge is 2.70. The summed E-state index contributed by atoms with van der Waals surface area (Å²) in [6, 6.07) is -3.49. The van der Waals surface area contributed by atoms with Crippen LogP contribution in [0.15, 0.2) is 12.7 Å². The number of carbonyl (C=O) groups is 6. The van der Waals surface area contributed by atoms with Gasteiger partial charge in [0.15, 0.2) is 0 Å². The highest BCUT2D eigenvalue weighted by molar-refractivity contribution is 6.38. The van der Waals surface area contributed by atoms with E-state index in [9.17, 15) is 28.8 Å². The third-order valence-electron chi connectivity index (χ3n) is 11.6. The molecule has 2 saturated heterocycles. The van der Waals surface area contributed by atoms with Crippen molar-refractivity contribution in [3.05, 3.63) is 12.7 Å². The van der Waals surface area contributed by atoms with Gasteiger partial charge in [-0.25, -0.2) is 4.79 Å². The first-order chi connectivity index (χ1) is 23.6. The number of ketones is 1. The van der Waals surface area contributed by atoms with Crippen LogP contribution in [0.2, 0.25) is 0 Å². The number of likely N-dealkylation sites (tertiary alicyclic amines) is 2. The third kappa shape index (κ3) is 9.26. The minimum Gasteiger partial charge on any atom is -0.346 e. The SMILES string of the molecule is C=CCNC(=O)C(=O)C(CCCC)NC(=O)[C@@H]1[C@@H]2[C@H](CN1C(=O)[C@@H](NC(=O)N[C@H](CN1CCCCC1=O)C1CCCCC1)C(C)(C)C)C2(C)C. The van der Waals surface area contributed by atoms with Gasteiger partial charge in [-0.1, -0.05) is 79.7 Å². The van der Waals surface area contributed by atoms with Crippen LogP contribution < -0.4 is 21.3 Å². The first-order valence-corrected chi connectivity index (χ1v) is 19.0. The van der Waals surface area contributed by atoms with Crippen molar-refractivity contribution in [1.29, 1.82) is 0 Å². The molecule has 6 amide bonds. The Bertz CT molecular complexity index is 1290. The second-order valence-corrected chi connectivity index (χ2v) is 16.7. The summed E-state index contributed by atoms with van der Waals surface area (Å²) in [7, 11) is 0. The van der Waals surface area contributed by atoms with Crippen molar-refractivity contribution in [3.63, 3.8) is 0 Å². The molecule has 2 aliphatic heterocycles. The van der Waals surface area contributed by atoms with E-state index in [0.717, 1.165) is 51.4 Å². The Morgan fingerprint density at radius 1 is 1.00 bits per heavy atom. The van der Waals surface area contributed by atoms with Crippen molar-refractivity contribution in [2.45, 2.75) is 136 Å². The molecule has 0 aromatic rings. The number of nitrogens with one attached hydrogen (secondary N) is 4.